The summed E-state index contributed by atoms with van der Waals surface area (Å²) in [5.41, 5.74) is 5.06. The number of aryl methyl sites for hydroxylation is 2. The van der Waals surface area contributed by atoms with Crippen molar-refractivity contribution in [3.8, 4) is 22.3 Å². The Morgan fingerprint density at radius 3 is 1.85 bits per heavy atom. The van der Waals surface area contributed by atoms with Crippen LogP contribution in [0.4, 0.5) is 0 Å². The standard InChI is InChI=1S/C23H20O4/c1-3-15-12-14(2)13-20(16-8-4-6-10-18(16)22(24)25)21(15)17-9-5-7-11-19(17)23(26)27/h4-13H,3H2,1-2H3,(H,24,25)(H,26,27). The van der Waals surface area contributed by atoms with Gasteiger partial charge in [0.05, 0.1) is 11.1 Å². The minimum atomic E-state index is -1.01. The number of aromatic carboxylic acids is 2. The molecule has 136 valence electrons. The molecule has 0 aliphatic heterocycles. The van der Waals surface area contributed by atoms with Crippen molar-refractivity contribution >= 4 is 11.9 Å². The van der Waals surface area contributed by atoms with E-state index >= 15 is 0 Å². The van der Waals surface area contributed by atoms with Gasteiger partial charge in [-0.1, -0.05) is 61.0 Å². The Labute approximate surface area is 157 Å². The van der Waals surface area contributed by atoms with Crippen LogP contribution in [0.1, 0.15) is 38.8 Å². The van der Waals surface area contributed by atoms with Crippen LogP contribution < -0.4 is 0 Å². The minimum Gasteiger partial charge on any atom is -0.478 e. The van der Waals surface area contributed by atoms with Crippen molar-refractivity contribution in [2.45, 2.75) is 20.3 Å². The molecule has 4 heteroatoms. The Morgan fingerprint density at radius 1 is 0.778 bits per heavy atom. The van der Waals surface area contributed by atoms with Crippen LogP contribution in [0, 0.1) is 6.92 Å². The van der Waals surface area contributed by atoms with E-state index in [1.54, 1.807) is 48.5 Å². The third-order valence-electron chi connectivity index (χ3n) is 4.62. The van der Waals surface area contributed by atoms with E-state index in [2.05, 4.69) is 0 Å². The topological polar surface area (TPSA) is 74.6 Å². The van der Waals surface area contributed by atoms with Gasteiger partial charge in [-0.25, -0.2) is 9.59 Å². The Balaban J connectivity index is 2.44. The molecule has 0 amide bonds. The molecule has 0 aliphatic carbocycles. The zero-order chi connectivity index (χ0) is 19.6. The van der Waals surface area contributed by atoms with Gasteiger partial charge in [0, 0.05) is 0 Å². The van der Waals surface area contributed by atoms with Crippen LogP contribution in [0.5, 0.6) is 0 Å². The average molecular weight is 360 g/mol. The van der Waals surface area contributed by atoms with Crippen LogP contribution >= 0.6 is 0 Å². The third-order valence-corrected chi connectivity index (χ3v) is 4.62. The first-order valence-electron chi connectivity index (χ1n) is 8.73. The largest absolute Gasteiger partial charge is 0.478 e. The summed E-state index contributed by atoms with van der Waals surface area (Å²) in [5.74, 6) is -2.02. The highest BCUT2D eigenvalue weighted by Gasteiger charge is 2.21. The van der Waals surface area contributed by atoms with Crippen molar-refractivity contribution in [1.29, 1.82) is 0 Å². The second kappa shape index (κ2) is 7.46. The molecular weight excluding hydrogens is 340 g/mol. The first-order chi connectivity index (χ1) is 12.9. The lowest BCUT2D eigenvalue weighted by Crippen LogP contribution is -2.04. The monoisotopic (exact) mass is 360 g/mol. The SMILES string of the molecule is CCc1cc(C)cc(-c2ccccc2C(=O)O)c1-c1ccccc1C(=O)O. The van der Waals surface area contributed by atoms with Crippen LogP contribution in [0.2, 0.25) is 0 Å². The van der Waals surface area contributed by atoms with Gasteiger partial charge in [0.25, 0.3) is 0 Å². The molecule has 0 spiro atoms. The fraction of sp³-hybridized carbons (Fsp3) is 0.130. The maximum Gasteiger partial charge on any atom is 0.336 e. The maximum absolute atomic E-state index is 11.8. The normalized spacial score (nSPS) is 10.6. The maximum atomic E-state index is 11.8. The number of hydrogen-bond acceptors (Lipinski definition) is 2. The van der Waals surface area contributed by atoms with Gasteiger partial charge in [-0.3, -0.25) is 0 Å². The predicted octanol–water partition coefficient (Wildman–Crippen LogP) is 5.29. The van der Waals surface area contributed by atoms with Crippen molar-refractivity contribution in [2.24, 2.45) is 0 Å². The van der Waals surface area contributed by atoms with E-state index < -0.39 is 11.9 Å². The summed E-state index contributed by atoms with van der Waals surface area (Å²) in [6.45, 7) is 3.97. The lowest BCUT2D eigenvalue weighted by molar-refractivity contribution is 0.0686. The van der Waals surface area contributed by atoms with Crippen molar-refractivity contribution < 1.29 is 19.8 Å². The molecule has 3 rings (SSSR count). The van der Waals surface area contributed by atoms with Crippen LogP contribution in [0.25, 0.3) is 22.3 Å². The van der Waals surface area contributed by atoms with Gasteiger partial charge in [-0.2, -0.15) is 0 Å². The Kier molecular flexibility index (Phi) is 5.08. The van der Waals surface area contributed by atoms with E-state index in [4.69, 9.17) is 0 Å². The molecule has 0 saturated carbocycles. The molecule has 0 aromatic heterocycles. The zero-order valence-corrected chi connectivity index (χ0v) is 15.2. The fourth-order valence-electron chi connectivity index (χ4n) is 3.46. The molecule has 4 nitrogen and oxygen atoms in total. The molecule has 0 unspecified atom stereocenters. The number of carboxylic acid groups (broad SMARTS) is 2. The summed E-state index contributed by atoms with van der Waals surface area (Å²) in [5, 5.41) is 19.3. The van der Waals surface area contributed by atoms with Crippen molar-refractivity contribution in [1.82, 2.24) is 0 Å². The highest BCUT2D eigenvalue weighted by atomic mass is 16.4. The molecule has 2 N–H and O–H groups in total. The van der Waals surface area contributed by atoms with E-state index in [0.29, 0.717) is 17.5 Å². The zero-order valence-electron chi connectivity index (χ0n) is 15.2. The minimum absolute atomic E-state index is 0.194. The molecule has 0 fully saturated rings. The van der Waals surface area contributed by atoms with Crippen LogP contribution in [0.15, 0.2) is 60.7 Å². The summed E-state index contributed by atoms with van der Waals surface area (Å²) in [6, 6.07) is 17.6. The smallest absolute Gasteiger partial charge is 0.336 e. The van der Waals surface area contributed by atoms with E-state index in [1.807, 2.05) is 26.0 Å². The fourth-order valence-corrected chi connectivity index (χ4v) is 3.46. The highest BCUT2D eigenvalue weighted by molar-refractivity contribution is 6.03. The van der Waals surface area contributed by atoms with Gasteiger partial charge in [0.2, 0.25) is 0 Å². The lowest BCUT2D eigenvalue weighted by Gasteiger charge is -2.19. The molecule has 0 aliphatic rings. The molecule has 3 aromatic carbocycles. The van der Waals surface area contributed by atoms with Gasteiger partial charge >= 0.3 is 11.9 Å². The predicted molar refractivity (Wildman–Crippen MR) is 105 cm³/mol. The summed E-state index contributed by atoms with van der Waals surface area (Å²) >= 11 is 0. The summed E-state index contributed by atoms with van der Waals surface area (Å²) < 4.78 is 0. The second-order valence-electron chi connectivity index (χ2n) is 6.40. The first kappa shape index (κ1) is 18.4. The molecule has 0 radical (unpaired) electrons. The number of carboxylic acids is 2. The molecule has 3 aromatic rings. The van der Waals surface area contributed by atoms with E-state index in [9.17, 15) is 19.8 Å². The molecule has 0 saturated heterocycles. The molecule has 27 heavy (non-hydrogen) atoms. The molecule has 0 heterocycles. The van der Waals surface area contributed by atoms with Gasteiger partial charge < -0.3 is 10.2 Å². The highest BCUT2D eigenvalue weighted by Crippen LogP contribution is 2.39. The van der Waals surface area contributed by atoms with E-state index in [-0.39, 0.29) is 11.1 Å². The molecular formula is C23H20O4. The van der Waals surface area contributed by atoms with Crippen molar-refractivity contribution in [2.75, 3.05) is 0 Å². The van der Waals surface area contributed by atoms with Crippen LogP contribution in [0.3, 0.4) is 0 Å². The van der Waals surface area contributed by atoms with Gasteiger partial charge in [0.1, 0.15) is 0 Å². The average Bonchev–Trinajstić information content (AvgIpc) is 2.67. The summed E-state index contributed by atoms with van der Waals surface area (Å²) in [6.07, 6.45) is 0.702. The lowest BCUT2D eigenvalue weighted by atomic mass is 9.84. The Morgan fingerprint density at radius 2 is 1.30 bits per heavy atom. The Hall–Kier alpha value is -3.40. The van der Waals surface area contributed by atoms with Crippen molar-refractivity contribution in [3.63, 3.8) is 0 Å². The van der Waals surface area contributed by atoms with Crippen molar-refractivity contribution in [3.05, 3.63) is 82.9 Å². The van der Waals surface area contributed by atoms with Gasteiger partial charge in [0.15, 0.2) is 0 Å². The summed E-state index contributed by atoms with van der Waals surface area (Å²) in [4.78, 5) is 23.6. The van der Waals surface area contributed by atoms with Gasteiger partial charge in [-0.15, -0.1) is 0 Å². The molecule has 0 bridgehead atoms. The van der Waals surface area contributed by atoms with Crippen LogP contribution in [-0.2, 0) is 6.42 Å². The summed E-state index contributed by atoms with van der Waals surface area (Å²) in [7, 11) is 0. The second-order valence-corrected chi connectivity index (χ2v) is 6.40. The number of rotatable bonds is 5. The first-order valence-corrected chi connectivity index (χ1v) is 8.73. The van der Waals surface area contributed by atoms with E-state index in [0.717, 1.165) is 22.3 Å². The van der Waals surface area contributed by atoms with Crippen LogP contribution in [-0.4, -0.2) is 22.2 Å². The third kappa shape index (κ3) is 3.47. The van der Waals surface area contributed by atoms with E-state index in [1.165, 1.54) is 0 Å². The molecule has 0 atom stereocenters. The number of carbonyl (C=O) groups is 2. The number of hydrogen-bond donors (Lipinski definition) is 2. The quantitative estimate of drug-likeness (QED) is 0.648. The number of benzene rings is 3. The van der Waals surface area contributed by atoms with Gasteiger partial charge in [-0.05, 0) is 53.3 Å². The Bertz CT molecular complexity index is 1030.